The summed E-state index contributed by atoms with van der Waals surface area (Å²) in [5.74, 6) is 0.00932. The quantitative estimate of drug-likeness (QED) is 0.588. The lowest BCUT2D eigenvalue weighted by Crippen LogP contribution is -2.37. The number of nitrogens with two attached hydrogens (primary N) is 1. The van der Waals surface area contributed by atoms with Crippen LogP contribution in [0.2, 0.25) is 0 Å². The van der Waals surface area contributed by atoms with Crippen molar-refractivity contribution in [2.75, 3.05) is 18.5 Å². The van der Waals surface area contributed by atoms with Crippen molar-refractivity contribution in [1.82, 2.24) is 0 Å². The molecule has 0 bridgehead atoms. The number of aliphatic hydroxyl groups is 1. The van der Waals surface area contributed by atoms with Gasteiger partial charge < -0.3 is 15.7 Å². The Bertz CT molecular complexity index is 426. The van der Waals surface area contributed by atoms with Crippen LogP contribution in [0.1, 0.15) is 19.4 Å². The van der Waals surface area contributed by atoms with Gasteiger partial charge in [0, 0.05) is 23.8 Å². The lowest BCUT2D eigenvalue weighted by molar-refractivity contribution is 0.0886. The number of nitrogen functional groups attached to an aromatic ring is 1. The number of rotatable bonds is 4. The maximum Gasteiger partial charge on any atom is 0.126 e. The summed E-state index contributed by atoms with van der Waals surface area (Å²) in [6.07, 6.45) is 0. The fourth-order valence-electron chi connectivity index (χ4n) is 1.76. The van der Waals surface area contributed by atoms with Crippen LogP contribution in [0.15, 0.2) is 22.7 Å². The molecule has 1 aromatic carbocycles. The molecule has 0 aliphatic rings. The van der Waals surface area contributed by atoms with E-state index in [0.717, 1.165) is 10.2 Å². The minimum absolute atomic E-state index is 0.00932. The maximum atomic E-state index is 9.81. The van der Waals surface area contributed by atoms with E-state index in [9.17, 15) is 5.11 Å². The van der Waals surface area contributed by atoms with Crippen molar-refractivity contribution in [2.24, 2.45) is 5.73 Å². The summed E-state index contributed by atoms with van der Waals surface area (Å²) in [6, 6.07) is 5.61. The van der Waals surface area contributed by atoms with Crippen molar-refractivity contribution in [1.29, 1.82) is 5.41 Å². The number of likely N-dealkylation sites (N-methyl/N-ethyl adjacent to an activating group) is 1. The molecule has 0 unspecified atom stereocenters. The van der Waals surface area contributed by atoms with E-state index in [0.29, 0.717) is 12.1 Å². The van der Waals surface area contributed by atoms with Crippen molar-refractivity contribution < 1.29 is 5.11 Å². The first kappa shape index (κ1) is 14.0. The first-order valence-electron chi connectivity index (χ1n) is 5.29. The highest BCUT2D eigenvalue weighted by molar-refractivity contribution is 9.10. The zero-order valence-corrected chi connectivity index (χ0v) is 11.9. The molecule has 0 heterocycles. The monoisotopic (exact) mass is 299 g/mol. The van der Waals surface area contributed by atoms with E-state index in [2.05, 4.69) is 15.9 Å². The van der Waals surface area contributed by atoms with E-state index >= 15 is 0 Å². The second-order valence-electron chi connectivity index (χ2n) is 4.72. The summed E-state index contributed by atoms with van der Waals surface area (Å²) in [5.41, 5.74) is 6.26. The average Bonchev–Trinajstić information content (AvgIpc) is 2.13. The second kappa shape index (κ2) is 5.06. The highest BCUT2D eigenvalue weighted by atomic mass is 79.9. The van der Waals surface area contributed by atoms with Gasteiger partial charge in [0.05, 0.1) is 11.2 Å². The lowest BCUT2D eigenvalue weighted by Gasteiger charge is -2.29. The molecular formula is C12H18BrN3O. The van der Waals surface area contributed by atoms with Crippen molar-refractivity contribution >= 4 is 27.5 Å². The Hall–Kier alpha value is -1.07. The third-order valence-corrected chi connectivity index (χ3v) is 2.96. The third kappa shape index (κ3) is 3.71. The molecule has 0 aromatic heterocycles. The first-order chi connectivity index (χ1) is 7.72. The molecular weight excluding hydrogens is 282 g/mol. The Kier molecular flexibility index (Phi) is 4.16. The van der Waals surface area contributed by atoms with Crippen LogP contribution in [0.4, 0.5) is 5.69 Å². The molecule has 0 aliphatic heterocycles. The Balaban J connectivity index is 3.13. The van der Waals surface area contributed by atoms with E-state index in [1.54, 1.807) is 13.8 Å². The molecule has 0 spiro atoms. The van der Waals surface area contributed by atoms with Gasteiger partial charge in [0.15, 0.2) is 0 Å². The molecule has 0 amide bonds. The SMILES string of the molecule is CN(CC(C)(C)O)c1cccc(Br)c1C(=N)N. The predicted octanol–water partition coefficient (Wildman–Crippen LogP) is 1.94. The minimum Gasteiger partial charge on any atom is -0.389 e. The molecule has 94 valence electrons. The van der Waals surface area contributed by atoms with Crippen molar-refractivity contribution in [3.63, 3.8) is 0 Å². The summed E-state index contributed by atoms with van der Waals surface area (Å²) < 4.78 is 0.782. The topological polar surface area (TPSA) is 73.3 Å². The highest BCUT2D eigenvalue weighted by Gasteiger charge is 2.19. The number of hydrogen-bond donors (Lipinski definition) is 3. The Morgan fingerprint density at radius 3 is 2.59 bits per heavy atom. The van der Waals surface area contributed by atoms with Crippen molar-refractivity contribution in [3.05, 3.63) is 28.2 Å². The van der Waals surface area contributed by atoms with E-state index < -0.39 is 5.60 Å². The fourth-order valence-corrected chi connectivity index (χ4v) is 2.33. The van der Waals surface area contributed by atoms with Gasteiger partial charge in [-0.25, -0.2) is 0 Å². The minimum atomic E-state index is -0.800. The van der Waals surface area contributed by atoms with Crippen LogP contribution >= 0.6 is 15.9 Å². The third-order valence-electron chi connectivity index (χ3n) is 2.30. The predicted molar refractivity (Wildman–Crippen MR) is 74.7 cm³/mol. The van der Waals surface area contributed by atoms with Gasteiger partial charge in [0.2, 0.25) is 0 Å². The number of amidine groups is 1. The summed E-state index contributed by atoms with van der Waals surface area (Å²) in [5, 5.41) is 17.4. The Labute approximate surface area is 110 Å². The maximum absolute atomic E-state index is 9.81. The number of nitrogens with one attached hydrogen (secondary N) is 1. The molecule has 0 radical (unpaired) electrons. The molecule has 4 nitrogen and oxygen atoms in total. The van der Waals surface area contributed by atoms with Gasteiger partial charge >= 0.3 is 0 Å². The van der Waals surface area contributed by atoms with Crippen LogP contribution in [0.25, 0.3) is 0 Å². The van der Waals surface area contributed by atoms with E-state index in [1.165, 1.54) is 0 Å². The number of benzene rings is 1. The molecule has 0 atom stereocenters. The van der Waals surface area contributed by atoms with Gasteiger partial charge in [-0.05, 0) is 41.9 Å². The van der Waals surface area contributed by atoms with Crippen LogP contribution in [0.3, 0.4) is 0 Å². The Morgan fingerprint density at radius 1 is 1.53 bits per heavy atom. The van der Waals surface area contributed by atoms with Gasteiger partial charge in [-0.3, -0.25) is 5.41 Å². The van der Waals surface area contributed by atoms with E-state index in [-0.39, 0.29) is 5.84 Å². The van der Waals surface area contributed by atoms with Crippen LogP contribution in [-0.2, 0) is 0 Å². The van der Waals surface area contributed by atoms with Crippen LogP contribution < -0.4 is 10.6 Å². The number of nitrogens with zero attached hydrogens (tertiary/aromatic N) is 1. The van der Waals surface area contributed by atoms with Crippen LogP contribution in [0, 0.1) is 5.41 Å². The van der Waals surface area contributed by atoms with Crippen molar-refractivity contribution in [2.45, 2.75) is 19.4 Å². The van der Waals surface area contributed by atoms with Gasteiger partial charge in [-0.1, -0.05) is 6.07 Å². The summed E-state index contributed by atoms with van der Waals surface area (Å²) in [4.78, 5) is 1.89. The molecule has 1 aromatic rings. The zero-order chi connectivity index (χ0) is 13.2. The average molecular weight is 300 g/mol. The normalized spacial score (nSPS) is 11.4. The van der Waals surface area contributed by atoms with Gasteiger partial charge in [0.1, 0.15) is 5.84 Å². The van der Waals surface area contributed by atoms with Crippen LogP contribution in [0.5, 0.6) is 0 Å². The molecule has 1 rings (SSSR count). The molecule has 0 saturated heterocycles. The van der Waals surface area contributed by atoms with Crippen LogP contribution in [-0.4, -0.2) is 30.1 Å². The van der Waals surface area contributed by atoms with Gasteiger partial charge in [0.25, 0.3) is 0 Å². The second-order valence-corrected chi connectivity index (χ2v) is 5.57. The molecule has 0 fully saturated rings. The molecule has 4 N–H and O–H groups in total. The summed E-state index contributed by atoms with van der Waals surface area (Å²) in [7, 11) is 1.87. The Morgan fingerprint density at radius 2 is 2.12 bits per heavy atom. The van der Waals surface area contributed by atoms with Gasteiger partial charge in [-0.15, -0.1) is 0 Å². The number of halogens is 1. The standard InChI is InChI=1S/C12H18BrN3O/c1-12(2,17)7-16(3)9-6-4-5-8(13)10(9)11(14)15/h4-6,17H,7H2,1-3H3,(H3,14,15). The van der Waals surface area contributed by atoms with Gasteiger partial charge in [-0.2, -0.15) is 0 Å². The smallest absolute Gasteiger partial charge is 0.126 e. The molecule has 0 saturated carbocycles. The van der Waals surface area contributed by atoms with E-state index in [1.807, 2.05) is 30.1 Å². The highest BCUT2D eigenvalue weighted by Crippen LogP contribution is 2.27. The molecule has 17 heavy (non-hydrogen) atoms. The number of hydrogen-bond acceptors (Lipinski definition) is 3. The molecule has 0 aliphatic carbocycles. The largest absolute Gasteiger partial charge is 0.389 e. The fraction of sp³-hybridized carbons (Fsp3) is 0.417. The summed E-state index contributed by atoms with van der Waals surface area (Å²) in [6.45, 7) is 3.95. The van der Waals surface area contributed by atoms with E-state index in [4.69, 9.17) is 11.1 Å². The molecule has 5 heteroatoms. The lowest BCUT2D eigenvalue weighted by atomic mass is 10.1. The zero-order valence-electron chi connectivity index (χ0n) is 10.3. The summed E-state index contributed by atoms with van der Waals surface area (Å²) >= 11 is 3.39. The number of anilines is 1. The van der Waals surface area contributed by atoms with Crippen molar-refractivity contribution in [3.8, 4) is 0 Å². The first-order valence-corrected chi connectivity index (χ1v) is 6.08.